The summed E-state index contributed by atoms with van der Waals surface area (Å²) in [5, 5.41) is 8.55. The second kappa shape index (κ2) is 6.02. The van der Waals surface area contributed by atoms with Crippen molar-refractivity contribution in [1.29, 1.82) is 0 Å². The first-order chi connectivity index (χ1) is 5.83. The van der Waals surface area contributed by atoms with Crippen LogP contribution in [0.2, 0.25) is 0 Å². The molecule has 1 aromatic heterocycles. The van der Waals surface area contributed by atoms with Gasteiger partial charge in [-0.25, -0.2) is 0 Å². The van der Waals surface area contributed by atoms with E-state index in [1.165, 1.54) is 8.66 Å². The number of hydrogen-bond donors (Lipinski definition) is 1. The number of aliphatic hydroxyl groups excluding tert-OH is 1. The van der Waals surface area contributed by atoms with Crippen molar-refractivity contribution < 1.29 is 5.11 Å². The smallest absolute Gasteiger partial charge is 0.0701 e. The molecule has 0 unspecified atom stereocenters. The van der Waals surface area contributed by atoms with E-state index in [4.69, 9.17) is 5.11 Å². The van der Waals surface area contributed by atoms with Gasteiger partial charge in [-0.05, 0) is 40.2 Å². The van der Waals surface area contributed by atoms with Gasteiger partial charge in [0.15, 0.2) is 0 Å². The molecular weight excluding hydrogens is 256 g/mol. The van der Waals surface area contributed by atoms with Crippen LogP contribution in [0.3, 0.4) is 0 Å². The third-order valence-electron chi connectivity index (χ3n) is 1.32. The molecule has 68 valence electrons. The zero-order valence-electron chi connectivity index (χ0n) is 6.62. The molecule has 1 nitrogen and oxygen atoms in total. The summed E-state index contributed by atoms with van der Waals surface area (Å²) in [4.78, 5) is 1.39. The van der Waals surface area contributed by atoms with Crippen molar-refractivity contribution in [2.24, 2.45) is 0 Å². The molecule has 0 saturated carbocycles. The number of halogens is 1. The van der Waals surface area contributed by atoms with Crippen LogP contribution in [-0.4, -0.2) is 17.5 Å². The van der Waals surface area contributed by atoms with E-state index < -0.39 is 0 Å². The van der Waals surface area contributed by atoms with Gasteiger partial charge in [-0.2, -0.15) is 11.8 Å². The van der Waals surface area contributed by atoms with Crippen LogP contribution < -0.4 is 0 Å². The maximum Gasteiger partial charge on any atom is 0.0701 e. The van der Waals surface area contributed by atoms with Gasteiger partial charge in [0, 0.05) is 17.2 Å². The minimum atomic E-state index is 0.307. The van der Waals surface area contributed by atoms with Crippen molar-refractivity contribution in [1.82, 2.24) is 0 Å². The number of thioether (sulfide) groups is 1. The first-order valence-corrected chi connectivity index (χ1v) is 6.52. The van der Waals surface area contributed by atoms with Crippen LogP contribution in [0.1, 0.15) is 11.3 Å². The molecule has 4 heteroatoms. The molecule has 1 rings (SSSR count). The monoisotopic (exact) mass is 266 g/mol. The Labute approximate surface area is 89.3 Å². The maximum absolute atomic E-state index is 8.55. The van der Waals surface area contributed by atoms with Gasteiger partial charge in [-0.1, -0.05) is 0 Å². The van der Waals surface area contributed by atoms with Gasteiger partial charge in [0.2, 0.25) is 0 Å². The summed E-state index contributed by atoms with van der Waals surface area (Å²) < 4.78 is 1.19. The minimum absolute atomic E-state index is 0.307. The molecule has 0 fully saturated rings. The standard InChI is InChI=1S/C8H11BrOS2/c9-8-3-2-7(12-8)6-11-5-1-4-10/h2-3,10H,1,4-6H2. The van der Waals surface area contributed by atoms with E-state index in [1.54, 1.807) is 11.3 Å². The predicted octanol–water partition coefficient (Wildman–Crippen LogP) is 3.13. The Morgan fingerprint density at radius 1 is 1.50 bits per heavy atom. The van der Waals surface area contributed by atoms with E-state index in [0.29, 0.717) is 6.61 Å². The average molecular weight is 267 g/mol. The van der Waals surface area contributed by atoms with E-state index in [9.17, 15) is 0 Å². The van der Waals surface area contributed by atoms with Crippen LogP contribution in [0.4, 0.5) is 0 Å². The molecule has 0 atom stereocenters. The lowest BCUT2D eigenvalue weighted by Gasteiger charge is -1.96. The summed E-state index contributed by atoms with van der Waals surface area (Å²) in [7, 11) is 0. The zero-order chi connectivity index (χ0) is 8.81. The second-order valence-corrected chi connectivity index (χ2v) is 5.99. The number of hydrogen-bond acceptors (Lipinski definition) is 3. The largest absolute Gasteiger partial charge is 0.396 e. The SMILES string of the molecule is OCCCSCc1ccc(Br)s1. The van der Waals surface area contributed by atoms with Gasteiger partial charge in [0.05, 0.1) is 3.79 Å². The van der Waals surface area contributed by atoms with Gasteiger partial charge >= 0.3 is 0 Å². The fourth-order valence-electron chi connectivity index (χ4n) is 0.769. The summed E-state index contributed by atoms with van der Waals surface area (Å²) in [6.07, 6.45) is 0.900. The van der Waals surface area contributed by atoms with Crippen molar-refractivity contribution in [3.8, 4) is 0 Å². The number of aliphatic hydroxyl groups is 1. The molecule has 1 aromatic rings. The lowest BCUT2D eigenvalue weighted by Crippen LogP contribution is -1.85. The molecule has 0 spiro atoms. The Balaban J connectivity index is 2.15. The van der Waals surface area contributed by atoms with E-state index in [2.05, 4.69) is 28.1 Å². The van der Waals surface area contributed by atoms with Crippen molar-refractivity contribution in [2.75, 3.05) is 12.4 Å². The van der Waals surface area contributed by atoms with Crippen molar-refractivity contribution >= 4 is 39.0 Å². The molecule has 0 aliphatic rings. The Kier molecular flexibility index (Phi) is 5.30. The first kappa shape index (κ1) is 10.6. The Morgan fingerprint density at radius 2 is 2.33 bits per heavy atom. The fraction of sp³-hybridized carbons (Fsp3) is 0.500. The zero-order valence-corrected chi connectivity index (χ0v) is 9.84. The Hall–Kier alpha value is 0.490. The third kappa shape index (κ3) is 3.94. The van der Waals surface area contributed by atoms with E-state index >= 15 is 0 Å². The van der Waals surface area contributed by atoms with Crippen molar-refractivity contribution in [3.63, 3.8) is 0 Å². The van der Waals surface area contributed by atoms with Gasteiger partial charge in [0.1, 0.15) is 0 Å². The number of rotatable bonds is 5. The maximum atomic E-state index is 8.55. The predicted molar refractivity (Wildman–Crippen MR) is 59.9 cm³/mol. The van der Waals surface area contributed by atoms with Crippen molar-refractivity contribution in [3.05, 3.63) is 20.8 Å². The quantitative estimate of drug-likeness (QED) is 0.827. The Morgan fingerprint density at radius 3 is 2.92 bits per heavy atom. The minimum Gasteiger partial charge on any atom is -0.396 e. The van der Waals surface area contributed by atoms with Gasteiger partial charge in [-0.3, -0.25) is 0 Å². The number of thiophene rings is 1. The Bertz CT molecular complexity index is 225. The molecule has 0 aliphatic heterocycles. The van der Waals surface area contributed by atoms with Gasteiger partial charge in [0.25, 0.3) is 0 Å². The normalized spacial score (nSPS) is 10.5. The van der Waals surface area contributed by atoms with Gasteiger partial charge in [-0.15, -0.1) is 11.3 Å². The van der Waals surface area contributed by atoms with Crippen LogP contribution in [-0.2, 0) is 5.75 Å². The first-order valence-electron chi connectivity index (χ1n) is 3.76. The second-order valence-electron chi connectivity index (χ2n) is 2.34. The molecule has 0 aromatic carbocycles. The summed E-state index contributed by atoms with van der Waals surface area (Å²) in [6, 6.07) is 4.22. The van der Waals surface area contributed by atoms with Crippen LogP contribution in [0.5, 0.6) is 0 Å². The molecule has 0 bridgehead atoms. The average Bonchev–Trinajstić information content (AvgIpc) is 2.45. The third-order valence-corrected chi connectivity index (χ3v) is 4.22. The highest BCUT2D eigenvalue weighted by Crippen LogP contribution is 2.25. The lowest BCUT2D eigenvalue weighted by atomic mass is 10.5. The highest BCUT2D eigenvalue weighted by molar-refractivity contribution is 9.11. The molecule has 1 N–H and O–H groups in total. The van der Waals surface area contributed by atoms with E-state index in [0.717, 1.165) is 17.9 Å². The van der Waals surface area contributed by atoms with Crippen molar-refractivity contribution in [2.45, 2.75) is 12.2 Å². The van der Waals surface area contributed by atoms with Gasteiger partial charge < -0.3 is 5.11 Å². The molecular formula is C8H11BrOS2. The molecule has 0 amide bonds. The van der Waals surface area contributed by atoms with Crippen LogP contribution in [0.25, 0.3) is 0 Å². The van der Waals surface area contributed by atoms with Crippen LogP contribution in [0.15, 0.2) is 15.9 Å². The molecule has 0 aliphatic carbocycles. The summed E-state index contributed by atoms with van der Waals surface area (Å²) in [5.41, 5.74) is 0. The summed E-state index contributed by atoms with van der Waals surface area (Å²) in [6.45, 7) is 0.307. The molecule has 0 saturated heterocycles. The highest BCUT2D eigenvalue weighted by atomic mass is 79.9. The van der Waals surface area contributed by atoms with E-state index in [1.807, 2.05) is 11.8 Å². The van der Waals surface area contributed by atoms with E-state index in [-0.39, 0.29) is 0 Å². The highest BCUT2D eigenvalue weighted by Gasteiger charge is 1.96. The molecule has 12 heavy (non-hydrogen) atoms. The summed E-state index contributed by atoms with van der Waals surface area (Å²) in [5.74, 6) is 2.11. The molecule has 1 heterocycles. The molecule has 0 radical (unpaired) electrons. The summed E-state index contributed by atoms with van der Waals surface area (Å²) >= 11 is 7.08. The lowest BCUT2D eigenvalue weighted by molar-refractivity contribution is 0.296. The van der Waals surface area contributed by atoms with Crippen LogP contribution >= 0.6 is 39.0 Å². The fourth-order valence-corrected chi connectivity index (χ4v) is 3.31. The van der Waals surface area contributed by atoms with Crippen LogP contribution in [0, 0.1) is 0 Å². The topological polar surface area (TPSA) is 20.2 Å².